The molecule has 27 heavy (non-hydrogen) atoms. The van der Waals surface area contributed by atoms with E-state index >= 15 is 0 Å². The van der Waals surface area contributed by atoms with Gasteiger partial charge < -0.3 is 16.2 Å². The number of carbonyl (C=O) groups excluding carboxylic acids is 1. The van der Waals surface area contributed by atoms with E-state index < -0.39 is 11.9 Å². The number of benzene rings is 1. The minimum Gasteiger partial charge on any atom is -0.391 e. The quantitative estimate of drug-likeness (QED) is 0.768. The Labute approximate surface area is 157 Å². The van der Waals surface area contributed by atoms with Crippen LogP contribution in [0.1, 0.15) is 52.9 Å². The van der Waals surface area contributed by atoms with Crippen molar-refractivity contribution < 1.29 is 14.3 Å². The minimum atomic E-state index is -0.564. The van der Waals surface area contributed by atoms with Crippen LogP contribution in [0.4, 0.5) is 10.2 Å². The fourth-order valence-corrected chi connectivity index (χ4v) is 3.14. The summed E-state index contributed by atoms with van der Waals surface area (Å²) in [5.41, 5.74) is 7.35. The molecule has 1 aromatic heterocycles. The number of carbonyl (C=O) groups is 1. The summed E-state index contributed by atoms with van der Waals surface area (Å²) in [4.78, 5) is 20.3. The second-order valence-electron chi connectivity index (χ2n) is 6.82. The Bertz CT molecular complexity index is 852. The molecular weight excluding hydrogens is 347 g/mol. The molecule has 7 heteroatoms. The highest BCUT2D eigenvalue weighted by molar-refractivity contribution is 5.95. The molecule has 1 fully saturated rings. The van der Waals surface area contributed by atoms with Crippen molar-refractivity contribution in [2.24, 2.45) is 0 Å². The Morgan fingerprint density at radius 1 is 1.30 bits per heavy atom. The van der Waals surface area contributed by atoms with Crippen LogP contribution in [0.15, 0.2) is 30.6 Å². The third-order valence-electron chi connectivity index (χ3n) is 4.79. The SMILES string of the molecule is Cc1ccc(C(=O)N[C@H]2CCCC[C@@H]2O)cc1/C=C(\F)c1cnc(N)cn1. The van der Waals surface area contributed by atoms with E-state index in [0.717, 1.165) is 24.8 Å². The van der Waals surface area contributed by atoms with Gasteiger partial charge in [0.15, 0.2) is 5.83 Å². The number of amides is 1. The van der Waals surface area contributed by atoms with E-state index in [2.05, 4.69) is 15.3 Å². The lowest BCUT2D eigenvalue weighted by molar-refractivity contribution is 0.0717. The van der Waals surface area contributed by atoms with Crippen LogP contribution in [0.3, 0.4) is 0 Å². The van der Waals surface area contributed by atoms with Gasteiger partial charge in [0, 0.05) is 5.56 Å². The number of aliphatic hydroxyl groups is 1. The summed E-state index contributed by atoms with van der Waals surface area (Å²) in [6.07, 6.45) is 6.76. The Morgan fingerprint density at radius 2 is 2.07 bits per heavy atom. The first-order valence-electron chi connectivity index (χ1n) is 8.98. The van der Waals surface area contributed by atoms with Gasteiger partial charge in [0.2, 0.25) is 0 Å². The Kier molecular flexibility index (Phi) is 5.81. The molecule has 0 saturated heterocycles. The normalized spacial score (nSPS) is 20.3. The first-order valence-corrected chi connectivity index (χ1v) is 8.98. The molecule has 142 valence electrons. The molecule has 2 aromatic rings. The van der Waals surface area contributed by atoms with Gasteiger partial charge in [-0.2, -0.15) is 0 Å². The van der Waals surface area contributed by atoms with E-state index in [1.165, 1.54) is 18.5 Å². The molecule has 3 rings (SSSR count). The summed E-state index contributed by atoms with van der Waals surface area (Å²) in [5.74, 6) is -0.625. The Hall–Kier alpha value is -2.80. The van der Waals surface area contributed by atoms with Gasteiger partial charge in [0.1, 0.15) is 11.5 Å². The van der Waals surface area contributed by atoms with Crippen molar-refractivity contribution in [3.05, 3.63) is 53.0 Å². The van der Waals surface area contributed by atoms with E-state index in [-0.39, 0.29) is 23.5 Å². The number of nitrogens with one attached hydrogen (secondary N) is 1. The van der Waals surface area contributed by atoms with Gasteiger partial charge in [0.25, 0.3) is 5.91 Å². The molecule has 6 nitrogen and oxygen atoms in total. The van der Waals surface area contributed by atoms with E-state index in [9.17, 15) is 14.3 Å². The largest absolute Gasteiger partial charge is 0.391 e. The molecule has 0 unspecified atom stereocenters. The molecule has 4 N–H and O–H groups in total. The highest BCUT2D eigenvalue weighted by Crippen LogP contribution is 2.22. The predicted molar refractivity (Wildman–Crippen MR) is 102 cm³/mol. The van der Waals surface area contributed by atoms with Crippen LogP contribution in [0.2, 0.25) is 0 Å². The van der Waals surface area contributed by atoms with Crippen LogP contribution >= 0.6 is 0 Å². The molecule has 1 aliphatic carbocycles. The Balaban J connectivity index is 1.80. The zero-order chi connectivity index (χ0) is 19.4. The molecule has 0 spiro atoms. The zero-order valence-electron chi connectivity index (χ0n) is 15.2. The fourth-order valence-electron chi connectivity index (χ4n) is 3.14. The van der Waals surface area contributed by atoms with E-state index in [1.807, 2.05) is 6.92 Å². The van der Waals surface area contributed by atoms with Gasteiger partial charge in [-0.1, -0.05) is 18.9 Å². The van der Waals surface area contributed by atoms with Crippen molar-refractivity contribution in [2.45, 2.75) is 44.8 Å². The lowest BCUT2D eigenvalue weighted by Gasteiger charge is -2.28. The average Bonchev–Trinajstić information content (AvgIpc) is 2.65. The van der Waals surface area contributed by atoms with Crippen molar-refractivity contribution in [1.29, 1.82) is 0 Å². The third kappa shape index (κ3) is 4.68. The second kappa shape index (κ2) is 8.26. The molecular formula is C20H23FN4O2. The maximum atomic E-state index is 14.5. The monoisotopic (exact) mass is 370 g/mol. The van der Waals surface area contributed by atoms with Crippen molar-refractivity contribution >= 4 is 23.6 Å². The van der Waals surface area contributed by atoms with Gasteiger partial charge >= 0.3 is 0 Å². The van der Waals surface area contributed by atoms with Crippen molar-refractivity contribution in [1.82, 2.24) is 15.3 Å². The van der Waals surface area contributed by atoms with Gasteiger partial charge in [-0.3, -0.25) is 4.79 Å². The first kappa shape index (κ1) is 19.0. The maximum absolute atomic E-state index is 14.5. The van der Waals surface area contributed by atoms with E-state index in [1.54, 1.807) is 18.2 Å². The standard InChI is InChI=1S/C20H23FN4O2/c1-12-6-7-13(20(27)25-16-4-2-3-5-18(16)26)8-14(12)9-15(21)17-10-24-19(22)11-23-17/h6-11,16,18,26H,2-5H2,1H3,(H2,22,24)(H,25,27)/b15-9-/t16-,18-/m0/s1. The van der Waals surface area contributed by atoms with Gasteiger partial charge in [0.05, 0.1) is 24.5 Å². The highest BCUT2D eigenvalue weighted by atomic mass is 19.1. The number of rotatable bonds is 4. The number of aliphatic hydroxyl groups excluding tert-OH is 1. The van der Waals surface area contributed by atoms with Gasteiger partial charge in [-0.25, -0.2) is 14.4 Å². The molecule has 0 bridgehead atoms. The van der Waals surface area contributed by atoms with E-state index in [4.69, 9.17) is 5.73 Å². The van der Waals surface area contributed by atoms with Gasteiger partial charge in [-0.15, -0.1) is 0 Å². The third-order valence-corrected chi connectivity index (χ3v) is 4.79. The lowest BCUT2D eigenvalue weighted by Crippen LogP contribution is -2.45. The summed E-state index contributed by atoms with van der Waals surface area (Å²) in [6, 6.07) is 4.84. The van der Waals surface area contributed by atoms with Crippen LogP contribution in [0.25, 0.3) is 11.9 Å². The van der Waals surface area contributed by atoms with Crippen LogP contribution in [-0.2, 0) is 0 Å². The first-order chi connectivity index (χ1) is 12.9. The zero-order valence-corrected chi connectivity index (χ0v) is 15.2. The van der Waals surface area contributed by atoms with Crippen LogP contribution in [0, 0.1) is 6.92 Å². The number of aromatic nitrogens is 2. The summed E-state index contributed by atoms with van der Waals surface area (Å²) < 4.78 is 14.5. The number of hydrogen-bond acceptors (Lipinski definition) is 5. The number of anilines is 1. The topological polar surface area (TPSA) is 101 Å². The molecule has 0 aliphatic heterocycles. The molecule has 1 amide bonds. The molecule has 0 radical (unpaired) electrons. The molecule has 2 atom stereocenters. The fraction of sp³-hybridized carbons (Fsp3) is 0.350. The highest BCUT2D eigenvalue weighted by Gasteiger charge is 2.24. The molecule has 1 heterocycles. The van der Waals surface area contributed by atoms with Crippen LogP contribution in [-0.4, -0.2) is 33.1 Å². The lowest BCUT2D eigenvalue weighted by atomic mass is 9.92. The van der Waals surface area contributed by atoms with Crippen molar-refractivity contribution in [2.75, 3.05) is 5.73 Å². The van der Waals surface area contributed by atoms with E-state index in [0.29, 0.717) is 17.5 Å². The molecule has 1 aliphatic rings. The van der Waals surface area contributed by atoms with Crippen LogP contribution < -0.4 is 11.1 Å². The van der Waals surface area contributed by atoms with Crippen molar-refractivity contribution in [3.63, 3.8) is 0 Å². The number of aryl methyl sites for hydroxylation is 1. The second-order valence-corrected chi connectivity index (χ2v) is 6.82. The summed E-state index contributed by atoms with van der Waals surface area (Å²) in [7, 11) is 0. The molecule has 1 saturated carbocycles. The predicted octanol–water partition coefficient (Wildman–Crippen LogP) is 2.87. The number of halogens is 1. The minimum absolute atomic E-state index is 0.0729. The summed E-state index contributed by atoms with van der Waals surface area (Å²) >= 11 is 0. The average molecular weight is 370 g/mol. The number of nitrogens with zero attached hydrogens (tertiary/aromatic N) is 2. The van der Waals surface area contributed by atoms with Gasteiger partial charge in [-0.05, 0) is 49.1 Å². The van der Waals surface area contributed by atoms with Crippen LogP contribution in [0.5, 0.6) is 0 Å². The summed E-state index contributed by atoms with van der Waals surface area (Å²) in [5, 5.41) is 12.9. The number of nitrogen functional groups attached to an aromatic ring is 1. The smallest absolute Gasteiger partial charge is 0.251 e. The van der Waals surface area contributed by atoms with Crippen molar-refractivity contribution in [3.8, 4) is 0 Å². The molecule has 1 aromatic carbocycles. The summed E-state index contributed by atoms with van der Waals surface area (Å²) in [6.45, 7) is 1.83. The number of hydrogen-bond donors (Lipinski definition) is 3. The Morgan fingerprint density at radius 3 is 2.78 bits per heavy atom. The number of nitrogens with two attached hydrogens (primary N) is 1. The maximum Gasteiger partial charge on any atom is 0.251 e.